The third-order valence-corrected chi connectivity index (χ3v) is 4.17. The second-order valence-electron chi connectivity index (χ2n) is 8.75. The van der Waals surface area contributed by atoms with Crippen LogP contribution >= 0.6 is 0 Å². The molecule has 29 heavy (non-hydrogen) atoms. The molecule has 0 aliphatic heterocycles. The van der Waals surface area contributed by atoms with Crippen LogP contribution in [0.4, 0.5) is 0 Å². The zero-order valence-electron chi connectivity index (χ0n) is 18.9. The normalized spacial score (nSPS) is 13.3. The molecule has 0 N–H and O–H groups in total. The van der Waals surface area contributed by atoms with E-state index in [2.05, 4.69) is 97.0 Å². The largest absolute Gasteiger partial charge is 4.00 e. The summed E-state index contributed by atoms with van der Waals surface area (Å²) in [6, 6.07) is 6.86. The molecular weight excluding hydrogens is 451 g/mol. The van der Waals surface area contributed by atoms with Crippen molar-refractivity contribution in [2.24, 2.45) is 0 Å². The summed E-state index contributed by atoms with van der Waals surface area (Å²) in [4.78, 5) is 0. The molecule has 154 valence electrons. The molecule has 0 bridgehead atoms. The van der Waals surface area contributed by atoms with Crippen molar-refractivity contribution in [3.8, 4) is 0 Å². The maximum Gasteiger partial charge on any atom is 4.00 e. The number of hydrogen-bond acceptors (Lipinski definition) is 0. The van der Waals surface area contributed by atoms with Crippen LogP contribution in [0.25, 0.3) is 0 Å². The average Bonchev–Trinajstić information content (AvgIpc) is 3.32. The summed E-state index contributed by atoms with van der Waals surface area (Å²) in [6.07, 6.45) is 23.9. The van der Waals surface area contributed by atoms with Gasteiger partial charge in [0, 0.05) is 0 Å². The van der Waals surface area contributed by atoms with Crippen LogP contribution in [0, 0.1) is 18.6 Å². The van der Waals surface area contributed by atoms with Gasteiger partial charge < -0.3 is 12.4 Å². The summed E-state index contributed by atoms with van der Waals surface area (Å²) in [7, 11) is 0. The Balaban J connectivity index is 0. The minimum atomic E-state index is 0. The Hall–Kier alpha value is -1.04. The fraction of sp³-hybridized carbons (Fsp3) is 0.370. The number of halogens is 1. The molecule has 0 saturated carbocycles. The van der Waals surface area contributed by atoms with Gasteiger partial charge in [0.15, 0.2) is 0 Å². The molecule has 0 fully saturated rings. The standard InChI is InChI=1S/C17H25.2C5H5.ClH.Zr/c1-8-9-13-10-14(16(2,3)4)12-15(11-13)17(5,6)7;2*1-2-4-5-3-1;;/h8-12H,1H2,2-7H3;2*1-3H,4H2;1H;/q3*-1;;+4/p-1. The predicted octanol–water partition coefficient (Wildman–Crippen LogP) is 4.63. The van der Waals surface area contributed by atoms with Gasteiger partial charge in [-0.1, -0.05) is 58.7 Å². The molecule has 0 atom stereocenters. The fourth-order valence-corrected chi connectivity index (χ4v) is 2.43. The summed E-state index contributed by atoms with van der Waals surface area (Å²) in [5.74, 6) is 0. The predicted molar refractivity (Wildman–Crippen MR) is 121 cm³/mol. The quantitative estimate of drug-likeness (QED) is 0.535. The van der Waals surface area contributed by atoms with Crippen LogP contribution in [0.5, 0.6) is 0 Å². The second-order valence-corrected chi connectivity index (χ2v) is 8.75. The molecule has 0 radical (unpaired) electrons. The smallest absolute Gasteiger partial charge is 1.00 e. The molecule has 0 nitrogen and oxygen atoms in total. The summed E-state index contributed by atoms with van der Waals surface area (Å²) >= 11 is 0. The van der Waals surface area contributed by atoms with Gasteiger partial charge in [0.25, 0.3) is 0 Å². The maximum absolute atomic E-state index is 3.78. The van der Waals surface area contributed by atoms with Crippen LogP contribution in [-0.4, -0.2) is 0 Å². The number of allylic oxidation sites excluding steroid dienone is 9. The molecule has 3 rings (SSSR count). The SMILES string of the molecule is C=C[CH-]c1cc(C(C)(C)C)cc(C(C)(C)C)c1.[C-]1=CC=CC1.[C-]1=CC=CC1.[Cl-].[Zr+4]. The monoisotopic (exact) mass is 484 g/mol. The Morgan fingerprint density at radius 2 is 1.24 bits per heavy atom. The summed E-state index contributed by atoms with van der Waals surface area (Å²) in [5, 5.41) is 0. The average molecular weight is 486 g/mol. The Bertz CT molecular complexity index is 633. The molecule has 2 aliphatic rings. The maximum atomic E-state index is 3.78. The molecular formula is C27H35ClZr. The van der Waals surface area contributed by atoms with Gasteiger partial charge >= 0.3 is 26.2 Å². The van der Waals surface area contributed by atoms with Crippen molar-refractivity contribution in [1.82, 2.24) is 0 Å². The number of hydrogen-bond donors (Lipinski definition) is 0. The van der Waals surface area contributed by atoms with Crippen molar-refractivity contribution in [1.29, 1.82) is 0 Å². The zero-order chi connectivity index (χ0) is 20.3. The Labute approximate surface area is 205 Å². The van der Waals surface area contributed by atoms with E-state index in [1.165, 1.54) is 16.7 Å². The van der Waals surface area contributed by atoms with Crippen LogP contribution in [-0.2, 0) is 37.0 Å². The van der Waals surface area contributed by atoms with E-state index in [4.69, 9.17) is 0 Å². The Kier molecular flexibility index (Phi) is 15.5. The van der Waals surface area contributed by atoms with Crippen molar-refractivity contribution >= 4 is 0 Å². The minimum absolute atomic E-state index is 0. The Morgan fingerprint density at radius 1 is 0.828 bits per heavy atom. The van der Waals surface area contributed by atoms with Gasteiger partial charge in [-0.15, -0.1) is 37.0 Å². The van der Waals surface area contributed by atoms with E-state index in [1.54, 1.807) is 0 Å². The van der Waals surface area contributed by atoms with Crippen molar-refractivity contribution in [3.63, 3.8) is 0 Å². The van der Waals surface area contributed by atoms with E-state index in [0.29, 0.717) is 0 Å². The van der Waals surface area contributed by atoms with Crippen molar-refractivity contribution in [3.05, 3.63) is 103 Å². The number of rotatable bonds is 2. The van der Waals surface area contributed by atoms with Gasteiger partial charge in [0.05, 0.1) is 0 Å². The number of benzene rings is 1. The van der Waals surface area contributed by atoms with E-state index in [1.807, 2.05) is 30.4 Å². The van der Waals surface area contributed by atoms with E-state index < -0.39 is 0 Å². The van der Waals surface area contributed by atoms with E-state index in [0.717, 1.165) is 12.8 Å². The summed E-state index contributed by atoms with van der Waals surface area (Å²) in [6.45, 7) is 17.3. The zero-order valence-corrected chi connectivity index (χ0v) is 22.1. The molecule has 0 unspecified atom stereocenters. The molecule has 0 amide bonds. The third kappa shape index (κ3) is 13.0. The van der Waals surface area contributed by atoms with Crippen LogP contribution < -0.4 is 12.4 Å². The topological polar surface area (TPSA) is 0 Å². The first-order valence-corrected chi connectivity index (χ1v) is 9.70. The molecule has 0 spiro atoms. The first-order valence-electron chi connectivity index (χ1n) is 9.70. The van der Waals surface area contributed by atoms with Crippen molar-refractivity contribution < 1.29 is 38.6 Å². The summed E-state index contributed by atoms with van der Waals surface area (Å²) < 4.78 is 0. The second kappa shape index (κ2) is 14.9. The van der Waals surface area contributed by atoms with Crippen molar-refractivity contribution in [2.45, 2.75) is 65.2 Å². The molecule has 2 aliphatic carbocycles. The molecule has 1 aromatic carbocycles. The van der Waals surface area contributed by atoms with Gasteiger partial charge in [-0.25, -0.2) is 24.3 Å². The molecule has 2 heteroatoms. The van der Waals surface area contributed by atoms with Crippen LogP contribution in [0.1, 0.15) is 71.1 Å². The molecule has 0 heterocycles. The van der Waals surface area contributed by atoms with E-state index >= 15 is 0 Å². The molecule has 0 aromatic heterocycles. The summed E-state index contributed by atoms with van der Waals surface area (Å²) in [5.41, 5.74) is 4.39. The Morgan fingerprint density at radius 3 is 1.45 bits per heavy atom. The van der Waals surface area contributed by atoms with Crippen LogP contribution in [0.2, 0.25) is 0 Å². The van der Waals surface area contributed by atoms with Crippen LogP contribution in [0.3, 0.4) is 0 Å². The molecule has 0 saturated heterocycles. The van der Waals surface area contributed by atoms with Gasteiger partial charge in [-0.2, -0.15) is 24.8 Å². The van der Waals surface area contributed by atoms with Crippen LogP contribution in [0.15, 0.2) is 67.3 Å². The molecule has 1 aromatic rings. The third-order valence-electron chi connectivity index (χ3n) is 4.17. The fourth-order valence-electron chi connectivity index (χ4n) is 2.43. The van der Waals surface area contributed by atoms with E-state index in [-0.39, 0.29) is 49.4 Å². The van der Waals surface area contributed by atoms with Gasteiger partial charge in [-0.3, -0.25) is 12.2 Å². The van der Waals surface area contributed by atoms with Gasteiger partial charge in [0.1, 0.15) is 0 Å². The van der Waals surface area contributed by atoms with Gasteiger partial charge in [0.2, 0.25) is 0 Å². The van der Waals surface area contributed by atoms with E-state index in [9.17, 15) is 0 Å². The first-order chi connectivity index (χ1) is 12.6. The van der Waals surface area contributed by atoms with Gasteiger partial charge in [-0.05, 0) is 10.8 Å². The van der Waals surface area contributed by atoms with Crippen molar-refractivity contribution in [2.75, 3.05) is 0 Å². The first kappa shape index (κ1) is 30.2. The minimum Gasteiger partial charge on any atom is -1.00 e.